The summed E-state index contributed by atoms with van der Waals surface area (Å²) in [5.41, 5.74) is 5.99. The van der Waals surface area contributed by atoms with Crippen molar-refractivity contribution in [3.8, 4) is 0 Å². The first-order chi connectivity index (χ1) is 8.95. The van der Waals surface area contributed by atoms with E-state index in [2.05, 4.69) is 12.2 Å². The van der Waals surface area contributed by atoms with E-state index in [1.54, 1.807) is 0 Å². The molecule has 0 aromatic heterocycles. The third-order valence-corrected chi connectivity index (χ3v) is 4.11. The molecule has 0 bridgehead atoms. The number of hydrogen-bond donors (Lipinski definition) is 2. The van der Waals surface area contributed by atoms with Gasteiger partial charge in [0.2, 0.25) is 11.8 Å². The van der Waals surface area contributed by atoms with Crippen LogP contribution < -0.4 is 11.1 Å². The van der Waals surface area contributed by atoms with E-state index in [4.69, 9.17) is 5.73 Å². The molecule has 19 heavy (non-hydrogen) atoms. The van der Waals surface area contributed by atoms with E-state index in [1.165, 1.54) is 6.92 Å². The summed E-state index contributed by atoms with van der Waals surface area (Å²) in [6, 6.07) is -0.378. The van der Waals surface area contributed by atoms with Gasteiger partial charge in [0, 0.05) is 26.6 Å². The van der Waals surface area contributed by atoms with Gasteiger partial charge in [0.15, 0.2) is 0 Å². The number of nitrogens with two attached hydrogens (primary N) is 1. The third kappa shape index (κ3) is 4.82. The van der Waals surface area contributed by atoms with Crippen LogP contribution in [0.4, 0.5) is 0 Å². The van der Waals surface area contributed by atoms with Gasteiger partial charge in [-0.25, -0.2) is 0 Å². The number of nitrogens with one attached hydrogen (secondary N) is 1. The summed E-state index contributed by atoms with van der Waals surface area (Å²) in [5.74, 6) is 0.794. The average Bonchev–Trinajstić information content (AvgIpc) is 2.43. The molecule has 0 radical (unpaired) electrons. The molecule has 1 unspecified atom stereocenters. The van der Waals surface area contributed by atoms with Crippen LogP contribution in [0.5, 0.6) is 0 Å². The Morgan fingerprint density at radius 2 is 1.95 bits per heavy atom. The van der Waals surface area contributed by atoms with Gasteiger partial charge in [-0.1, -0.05) is 20.3 Å². The second-order valence-corrected chi connectivity index (χ2v) is 5.62. The molecule has 0 aliphatic carbocycles. The molecule has 1 rings (SSSR count). The van der Waals surface area contributed by atoms with E-state index < -0.39 is 0 Å². The predicted octanol–water partition coefficient (Wildman–Crippen LogP) is 0.735. The van der Waals surface area contributed by atoms with Crippen molar-refractivity contribution in [1.82, 2.24) is 10.2 Å². The Bertz CT molecular complexity index is 312. The fourth-order valence-corrected chi connectivity index (χ4v) is 2.35. The Kier molecular flexibility index (Phi) is 6.28. The second-order valence-electron chi connectivity index (χ2n) is 5.62. The lowest BCUT2D eigenvalue weighted by Gasteiger charge is -2.34. The van der Waals surface area contributed by atoms with Crippen LogP contribution >= 0.6 is 0 Å². The first-order valence-corrected chi connectivity index (χ1v) is 7.24. The monoisotopic (exact) mass is 269 g/mol. The fraction of sp³-hybridized carbons (Fsp3) is 0.857. The van der Waals surface area contributed by atoms with Gasteiger partial charge in [-0.15, -0.1) is 0 Å². The summed E-state index contributed by atoms with van der Waals surface area (Å²) in [7, 11) is 0. The van der Waals surface area contributed by atoms with Crippen LogP contribution in [-0.2, 0) is 9.59 Å². The van der Waals surface area contributed by atoms with Crippen LogP contribution in [0.15, 0.2) is 0 Å². The van der Waals surface area contributed by atoms with Gasteiger partial charge < -0.3 is 16.0 Å². The molecule has 0 aromatic carbocycles. The maximum atomic E-state index is 12.2. The van der Waals surface area contributed by atoms with E-state index in [-0.39, 0.29) is 23.8 Å². The zero-order valence-corrected chi connectivity index (χ0v) is 12.3. The molecule has 5 nitrogen and oxygen atoms in total. The van der Waals surface area contributed by atoms with Crippen LogP contribution in [0.1, 0.15) is 40.0 Å². The van der Waals surface area contributed by atoms with Crippen LogP contribution in [0.3, 0.4) is 0 Å². The number of carbonyl (C=O) groups excluding carboxylic acids is 2. The van der Waals surface area contributed by atoms with Gasteiger partial charge in [0.05, 0.1) is 6.04 Å². The molecule has 3 N–H and O–H groups in total. The molecule has 1 saturated heterocycles. The quantitative estimate of drug-likeness (QED) is 0.773. The van der Waals surface area contributed by atoms with Crippen LogP contribution in [-0.4, -0.2) is 42.4 Å². The van der Waals surface area contributed by atoms with E-state index in [0.29, 0.717) is 5.92 Å². The zero-order chi connectivity index (χ0) is 14.4. The Hall–Kier alpha value is -1.10. The Morgan fingerprint density at radius 1 is 1.37 bits per heavy atom. The highest BCUT2D eigenvalue weighted by Crippen LogP contribution is 2.18. The van der Waals surface area contributed by atoms with Crippen molar-refractivity contribution in [2.45, 2.75) is 46.1 Å². The molecule has 2 amide bonds. The summed E-state index contributed by atoms with van der Waals surface area (Å²) < 4.78 is 0. The summed E-state index contributed by atoms with van der Waals surface area (Å²) in [4.78, 5) is 24.9. The number of amides is 2. The fourth-order valence-electron chi connectivity index (χ4n) is 2.35. The standard InChI is InChI=1S/C14H27N3O2/c1-4-10(2)13(15)14(19)17-7-5-12(6-8-17)9-16-11(3)18/h10,12-13H,4-9,15H2,1-3H3,(H,16,18)/t10?,13-/m0/s1. The van der Waals surface area contributed by atoms with Crippen LogP contribution in [0.25, 0.3) is 0 Å². The molecule has 5 heteroatoms. The minimum atomic E-state index is -0.378. The topological polar surface area (TPSA) is 75.4 Å². The molecule has 1 heterocycles. The van der Waals surface area contributed by atoms with E-state index in [9.17, 15) is 9.59 Å². The molecular weight excluding hydrogens is 242 g/mol. The van der Waals surface area contributed by atoms with Gasteiger partial charge >= 0.3 is 0 Å². The minimum Gasteiger partial charge on any atom is -0.356 e. The smallest absolute Gasteiger partial charge is 0.239 e. The van der Waals surface area contributed by atoms with Gasteiger partial charge in [-0.2, -0.15) is 0 Å². The van der Waals surface area contributed by atoms with Crippen LogP contribution in [0.2, 0.25) is 0 Å². The molecule has 0 saturated carbocycles. The van der Waals surface area contributed by atoms with E-state index in [1.807, 2.05) is 11.8 Å². The number of piperidine rings is 1. The van der Waals surface area contributed by atoms with Gasteiger partial charge in [-0.3, -0.25) is 9.59 Å². The Labute approximate surface area is 115 Å². The van der Waals surface area contributed by atoms with Crippen molar-refractivity contribution in [1.29, 1.82) is 0 Å². The summed E-state index contributed by atoms with van der Waals surface area (Å²) in [6.07, 6.45) is 2.81. The van der Waals surface area contributed by atoms with E-state index in [0.717, 1.165) is 38.9 Å². The van der Waals surface area contributed by atoms with Gasteiger partial charge in [-0.05, 0) is 24.7 Å². The number of likely N-dealkylation sites (tertiary alicyclic amines) is 1. The SMILES string of the molecule is CCC(C)[C@H](N)C(=O)N1CCC(CNC(C)=O)CC1. The molecule has 0 spiro atoms. The number of hydrogen-bond acceptors (Lipinski definition) is 3. The molecule has 110 valence electrons. The normalized spacial score (nSPS) is 19.9. The first kappa shape index (κ1) is 16.0. The lowest BCUT2D eigenvalue weighted by molar-refractivity contribution is -0.135. The number of nitrogens with zero attached hydrogens (tertiary/aromatic N) is 1. The second kappa shape index (κ2) is 7.48. The largest absolute Gasteiger partial charge is 0.356 e. The first-order valence-electron chi connectivity index (χ1n) is 7.24. The highest BCUT2D eigenvalue weighted by molar-refractivity contribution is 5.82. The predicted molar refractivity (Wildman–Crippen MR) is 75.4 cm³/mol. The zero-order valence-electron chi connectivity index (χ0n) is 12.3. The van der Waals surface area contributed by atoms with Gasteiger partial charge in [0.1, 0.15) is 0 Å². The van der Waals surface area contributed by atoms with Crippen molar-refractivity contribution in [2.75, 3.05) is 19.6 Å². The van der Waals surface area contributed by atoms with Crippen molar-refractivity contribution in [3.63, 3.8) is 0 Å². The third-order valence-electron chi connectivity index (χ3n) is 4.11. The van der Waals surface area contributed by atoms with Crippen LogP contribution in [0, 0.1) is 11.8 Å². The molecular formula is C14H27N3O2. The van der Waals surface area contributed by atoms with Crippen molar-refractivity contribution < 1.29 is 9.59 Å². The molecule has 0 aromatic rings. The molecule has 1 fully saturated rings. The summed E-state index contributed by atoms with van der Waals surface area (Å²) in [5, 5.41) is 2.84. The van der Waals surface area contributed by atoms with Crippen molar-refractivity contribution in [2.24, 2.45) is 17.6 Å². The molecule has 1 aliphatic heterocycles. The maximum absolute atomic E-state index is 12.2. The number of carbonyl (C=O) groups is 2. The van der Waals surface area contributed by atoms with Gasteiger partial charge in [0.25, 0.3) is 0 Å². The average molecular weight is 269 g/mol. The molecule has 1 aliphatic rings. The number of rotatable bonds is 5. The highest BCUT2D eigenvalue weighted by Gasteiger charge is 2.28. The highest BCUT2D eigenvalue weighted by atomic mass is 16.2. The summed E-state index contributed by atoms with van der Waals surface area (Å²) in [6.45, 7) is 7.84. The minimum absolute atomic E-state index is 0.0114. The Balaban J connectivity index is 2.36. The van der Waals surface area contributed by atoms with Crippen molar-refractivity contribution >= 4 is 11.8 Å². The molecule has 2 atom stereocenters. The lowest BCUT2D eigenvalue weighted by Crippen LogP contribution is -2.50. The van der Waals surface area contributed by atoms with E-state index >= 15 is 0 Å². The maximum Gasteiger partial charge on any atom is 0.239 e. The Morgan fingerprint density at radius 3 is 2.42 bits per heavy atom. The lowest BCUT2D eigenvalue weighted by atomic mass is 9.94. The van der Waals surface area contributed by atoms with Crippen molar-refractivity contribution in [3.05, 3.63) is 0 Å². The summed E-state index contributed by atoms with van der Waals surface area (Å²) >= 11 is 0.